The third-order valence-corrected chi connectivity index (χ3v) is 6.31. The molecule has 1 heterocycles. The van der Waals surface area contributed by atoms with Crippen LogP contribution in [0.3, 0.4) is 0 Å². The third-order valence-electron chi connectivity index (χ3n) is 4.88. The number of benzene rings is 2. The first-order valence-corrected chi connectivity index (χ1v) is 10.1. The van der Waals surface area contributed by atoms with Crippen molar-refractivity contribution < 1.29 is 4.79 Å². The molecule has 0 aromatic heterocycles. The minimum absolute atomic E-state index is 0.0115. The van der Waals surface area contributed by atoms with Gasteiger partial charge in [-0.05, 0) is 59.3 Å². The van der Waals surface area contributed by atoms with Crippen molar-refractivity contribution in [2.24, 2.45) is 0 Å². The third kappa shape index (κ3) is 5.05. The van der Waals surface area contributed by atoms with Crippen LogP contribution in [-0.2, 0) is 13.1 Å². The average molecular weight is 463 g/mol. The number of hydrogen-bond acceptors (Lipinski definition) is 3. The first-order chi connectivity index (χ1) is 12.5. The summed E-state index contributed by atoms with van der Waals surface area (Å²) in [5.74, 6) is -0.0115. The van der Waals surface area contributed by atoms with Crippen LogP contribution in [0.15, 0.2) is 42.5 Å². The molecule has 0 saturated carbocycles. The molecule has 0 unspecified atom stereocenters. The van der Waals surface area contributed by atoms with Gasteiger partial charge in [0.1, 0.15) is 0 Å². The van der Waals surface area contributed by atoms with Crippen LogP contribution in [0.2, 0.25) is 0 Å². The second-order valence-electron chi connectivity index (χ2n) is 7.02. The van der Waals surface area contributed by atoms with Crippen molar-refractivity contribution in [2.45, 2.75) is 20.0 Å². The van der Waals surface area contributed by atoms with Crippen molar-refractivity contribution in [2.75, 3.05) is 33.2 Å². The fourth-order valence-electron chi connectivity index (χ4n) is 3.20. The molecule has 1 saturated heterocycles. The Morgan fingerprint density at radius 1 is 1.08 bits per heavy atom. The van der Waals surface area contributed by atoms with Crippen molar-refractivity contribution in [1.82, 2.24) is 15.1 Å². The number of nitrogens with one attached hydrogen (secondary N) is 1. The summed E-state index contributed by atoms with van der Waals surface area (Å²) in [5, 5.41) is 3.06. The smallest absolute Gasteiger partial charge is 0.252 e. The number of carbonyl (C=O) groups is 1. The van der Waals surface area contributed by atoms with E-state index in [9.17, 15) is 4.79 Å². The Kier molecular flexibility index (Phi) is 6.67. The van der Waals surface area contributed by atoms with Gasteiger partial charge in [-0.25, -0.2) is 0 Å². The van der Waals surface area contributed by atoms with Crippen LogP contribution < -0.4 is 5.32 Å². The number of rotatable bonds is 5. The van der Waals surface area contributed by atoms with E-state index < -0.39 is 0 Å². The van der Waals surface area contributed by atoms with Crippen LogP contribution in [0.25, 0.3) is 0 Å². The first kappa shape index (κ1) is 19.3. The summed E-state index contributed by atoms with van der Waals surface area (Å²) in [6.45, 7) is 8.05. The molecule has 1 N–H and O–H groups in total. The molecule has 26 heavy (non-hydrogen) atoms. The number of halogens is 1. The van der Waals surface area contributed by atoms with Crippen LogP contribution in [0, 0.1) is 10.5 Å². The van der Waals surface area contributed by atoms with E-state index in [2.05, 4.69) is 69.0 Å². The number of amides is 1. The Morgan fingerprint density at radius 2 is 1.77 bits per heavy atom. The van der Waals surface area contributed by atoms with Crippen LogP contribution in [0.4, 0.5) is 0 Å². The van der Waals surface area contributed by atoms with Gasteiger partial charge in [-0.15, -0.1) is 0 Å². The van der Waals surface area contributed by atoms with Crippen LogP contribution in [-0.4, -0.2) is 48.9 Å². The number of piperazine rings is 1. The minimum Gasteiger partial charge on any atom is -0.348 e. The van der Waals surface area contributed by atoms with E-state index in [0.29, 0.717) is 6.54 Å². The summed E-state index contributed by atoms with van der Waals surface area (Å²) in [6.07, 6.45) is 0. The van der Waals surface area contributed by atoms with Gasteiger partial charge in [0.05, 0.1) is 5.56 Å². The summed E-state index contributed by atoms with van der Waals surface area (Å²) in [5.41, 5.74) is 4.34. The van der Waals surface area contributed by atoms with Gasteiger partial charge >= 0.3 is 0 Å². The molecule has 138 valence electrons. The number of hydrogen-bond donors (Lipinski definition) is 1. The quantitative estimate of drug-likeness (QED) is 0.692. The first-order valence-electron chi connectivity index (χ1n) is 9.05. The summed E-state index contributed by atoms with van der Waals surface area (Å²) in [4.78, 5) is 17.4. The standard InChI is InChI=1S/C21H26IN3O/c1-16-5-3-8-19(20(16)22)21(26)23-14-17-6-4-7-18(13-17)15-25-11-9-24(2)10-12-25/h3-8,13H,9-12,14-15H2,1-2H3,(H,23,26). The lowest BCUT2D eigenvalue weighted by Gasteiger charge is -2.32. The lowest BCUT2D eigenvalue weighted by molar-refractivity contribution is 0.0950. The van der Waals surface area contributed by atoms with Gasteiger partial charge in [-0.3, -0.25) is 9.69 Å². The van der Waals surface area contributed by atoms with Gasteiger partial charge in [-0.2, -0.15) is 0 Å². The summed E-state index contributed by atoms with van der Waals surface area (Å²) in [6, 6.07) is 14.4. The minimum atomic E-state index is -0.0115. The molecule has 0 radical (unpaired) electrons. The van der Waals surface area contributed by atoms with Crippen molar-refractivity contribution in [1.29, 1.82) is 0 Å². The molecule has 0 spiro atoms. The molecule has 2 aromatic rings. The van der Waals surface area contributed by atoms with Gasteiger partial charge in [-0.1, -0.05) is 36.4 Å². The summed E-state index contributed by atoms with van der Waals surface area (Å²) in [7, 11) is 2.18. The molecule has 1 aliphatic rings. The second kappa shape index (κ2) is 8.97. The Hall–Kier alpha value is -1.44. The van der Waals surface area contributed by atoms with Gasteiger partial charge in [0.25, 0.3) is 5.91 Å². The Labute approximate surface area is 169 Å². The van der Waals surface area contributed by atoms with Gasteiger partial charge in [0, 0.05) is 42.8 Å². The second-order valence-corrected chi connectivity index (χ2v) is 8.10. The highest BCUT2D eigenvalue weighted by Crippen LogP contribution is 2.17. The molecule has 2 aromatic carbocycles. The maximum absolute atomic E-state index is 12.5. The number of aryl methyl sites for hydroxylation is 1. The predicted molar refractivity (Wildman–Crippen MR) is 114 cm³/mol. The lowest BCUT2D eigenvalue weighted by atomic mass is 10.1. The number of nitrogens with zero attached hydrogens (tertiary/aromatic N) is 2. The van der Waals surface area contributed by atoms with Crippen molar-refractivity contribution >= 4 is 28.5 Å². The van der Waals surface area contributed by atoms with Crippen LogP contribution in [0.5, 0.6) is 0 Å². The largest absolute Gasteiger partial charge is 0.348 e. The van der Waals surface area contributed by atoms with E-state index >= 15 is 0 Å². The maximum atomic E-state index is 12.5. The van der Waals surface area contributed by atoms with Gasteiger partial charge in [0.2, 0.25) is 0 Å². The van der Waals surface area contributed by atoms with Crippen molar-refractivity contribution in [3.8, 4) is 0 Å². The Balaban J connectivity index is 1.58. The molecule has 4 nitrogen and oxygen atoms in total. The normalized spacial score (nSPS) is 15.8. The van der Waals surface area contributed by atoms with Crippen molar-refractivity contribution in [3.05, 3.63) is 68.3 Å². The zero-order chi connectivity index (χ0) is 18.5. The molecular weight excluding hydrogens is 437 g/mol. The molecule has 0 bridgehead atoms. The van der Waals surface area contributed by atoms with E-state index in [1.807, 2.05) is 25.1 Å². The average Bonchev–Trinajstić information content (AvgIpc) is 2.64. The fraction of sp³-hybridized carbons (Fsp3) is 0.381. The molecule has 1 aliphatic heterocycles. The molecule has 3 rings (SSSR count). The fourth-order valence-corrected chi connectivity index (χ4v) is 3.81. The highest BCUT2D eigenvalue weighted by atomic mass is 127. The molecule has 0 aliphatic carbocycles. The topological polar surface area (TPSA) is 35.6 Å². The molecular formula is C21H26IN3O. The maximum Gasteiger partial charge on any atom is 0.252 e. The van der Waals surface area contributed by atoms with Gasteiger partial charge in [0.15, 0.2) is 0 Å². The number of likely N-dealkylation sites (N-methyl/N-ethyl adjacent to an activating group) is 1. The summed E-state index contributed by atoms with van der Waals surface area (Å²) >= 11 is 2.24. The van der Waals surface area contributed by atoms with E-state index in [4.69, 9.17) is 0 Å². The highest BCUT2D eigenvalue weighted by Gasteiger charge is 2.14. The Bertz CT molecular complexity index is 770. The zero-order valence-corrected chi connectivity index (χ0v) is 17.6. The summed E-state index contributed by atoms with van der Waals surface area (Å²) < 4.78 is 1.02. The van der Waals surface area contributed by atoms with E-state index in [-0.39, 0.29) is 5.91 Å². The van der Waals surface area contributed by atoms with Crippen LogP contribution >= 0.6 is 22.6 Å². The molecule has 1 amide bonds. The van der Waals surface area contributed by atoms with E-state index in [1.54, 1.807) is 0 Å². The lowest BCUT2D eigenvalue weighted by Crippen LogP contribution is -2.43. The van der Waals surface area contributed by atoms with E-state index in [0.717, 1.165) is 53.0 Å². The molecule has 5 heteroatoms. The highest BCUT2D eigenvalue weighted by molar-refractivity contribution is 14.1. The zero-order valence-electron chi connectivity index (χ0n) is 15.5. The Morgan fingerprint density at radius 3 is 2.54 bits per heavy atom. The van der Waals surface area contributed by atoms with Crippen LogP contribution in [0.1, 0.15) is 27.0 Å². The van der Waals surface area contributed by atoms with Gasteiger partial charge < -0.3 is 10.2 Å². The molecule has 0 atom stereocenters. The van der Waals surface area contributed by atoms with E-state index in [1.165, 1.54) is 5.56 Å². The monoisotopic (exact) mass is 463 g/mol. The predicted octanol–water partition coefficient (Wildman–Crippen LogP) is 3.28. The SMILES string of the molecule is Cc1cccc(C(=O)NCc2cccc(CN3CCN(C)CC3)c2)c1I. The number of carbonyl (C=O) groups excluding carboxylic acids is 1. The molecule has 1 fully saturated rings. The van der Waals surface area contributed by atoms with Crippen molar-refractivity contribution in [3.63, 3.8) is 0 Å².